The number of hydrazone groups is 1. The number of nitrogens with one attached hydrogen (secondary N) is 1. The highest BCUT2D eigenvalue weighted by Crippen LogP contribution is 2.21. The highest BCUT2D eigenvalue weighted by molar-refractivity contribution is 6.47. The number of halogens is 1. The minimum absolute atomic E-state index is 0.101. The van der Waals surface area contributed by atoms with Crippen molar-refractivity contribution in [2.45, 2.75) is 6.92 Å². The van der Waals surface area contributed by atoms with Crippen molar-refractivity contribution in [3.63, 3.8) is 0 Å². The van der Waals surface area contributed by atoms with Crippen molar-refractivity contribution in [2.75, 3.05) is 5.32 Å². The van der Waals surface area contributed by atoms with Gasteiger partial charge in [-0.15, -0.1) is 6.42 Å². The second-order valence-electron chi connectivity index (χ2n) is 5.01. The largest absolute Gasteiger partial charge is 0.478 e. The molecule has 0 unspecified atom stereocenters. The number of benzene rings is 1. The number of carboxylic acid groups (broad SMARTS) is 1. The Bertz CT molecular complexity index is 892. The van der Waals surface area contributed by atoms with Gasteiger partial charge in [-0.1, -0.05) is 5.92 Å². The van der Waals surface area contributed by atoms with Gasteiger partial charge in [0.2, 0.25) is 0 Å². The summed E-state index contributed by atoms with van der Waals surface area (Å²) in [6.07, 6.45) is 7.99. The van der Waals surface area contributed by atoms with Gasteiger partial charge in [0, 0.05) is 5.70 Å². The highest BCUT2D eigenvalue weighted by Gasteiger charge is 2.20. The van der Waals surface area contributed by atoms with Crippen LogP contribution in [-0.2, 0) is 4.79 Å². The topological polar surface area (TPSA) is 134 Å². The first kappa shape index (κ1) is 17.7. The molecule has 0 aromatic heterocycles. The Hall–Kier alpha value is -3.64. The number of amides is 1. The fourth-order valence-electron chi connectivity index (χ4n) is 2.02. The molecular weight excluding hydrogens is 329 g/mol. The first-order valence-electron chi connectivity index (χ1n) is 6.87. The first-order valence-corrected chi connectivity index (χ1v) is 6.87. The Morgan fingerprint density at radius 3 is 2.60 bits per heavy atom. The summed E-state index contributed by atoms with van der Waals surface area (Å²) >= 11 is 0. The molecule has 0 bridgehead atoms. The molecule has 1 aliphatic heterocycles. The van der Waals surface area contributed by atoms with E-state index in [1.165, 1.54) is 12.2 Å². The zero-order valence-corrected chi connectivity index (χ0v) is 13.1. The molecule has 0 fully saturated rings. The van der Waals surface area contributed by atoms with Crippen molar-refractivity contribution in [3.05, 3.63) is 52.6 Å². The summed E-state index contributed by atoms with van der Waals surface area (Å²) in [6.45, 7) is 1.61. The van der Waals surface area contributed by atoms with Crippen molar-refractivity contribution in [2.24, 2.45) is 16.7 Å². The number of hydrogen-bond donors (Lipinski definition) is 4. The predicted molar refractivity (Wildman–Crippen MR) is 89.4 cm³/mol. The summed E-state index contributed by atoms with van der Waals surface area (Å²) in [4.78, 5) is 23.5. The molecule has 2 rings (SSSR count). The number of terminal acetylenes is 1. The molecule has 8 nitrogen and oxygen atoms in total. The number of hydrogen-bond acceptors (Lipinski definition) is 6. The highest BCUT2D eigenvalue weighted by atomic mass is 19.1. The quantitative estimate of drug-likeness (QED) is 0.472. The van der Waals surface area contributed by atoms with E-state index in [1.54, 1.807) is 6.92 Å². The van der Waals surface area contributed by atoms with Crippen LogP contribution in [0.1, 0.15) is 22.8 Å². The second-order valence-corrected chi connectivity index (χ2v) is 5.01. The van der Waals surface area contributed by atoms with E-state index in [2.05, 4.69) is 16.3 Å². The Morgan fingerprint density at radius 2 is 2.08 bits per heavy atom. The third-order valence-electron chi connectivity index (χ3n) is 3.24. The predicted octanol–water partition coefficient (Wildman–Crippen LogP) is 0.735. The van der Waals surface area contributed by atoms with Crippen LogP contribution in [0.3, 0.4) is 0 Å². The number of carbonyl (C=O) groups is 2. The molecule has 0 saturated carbocycles. The molecule has 9 heteroatoms. The van der Waals surface area contributed by atoms with Crippen molar-refractivity contribution in [3.8, 4) is 12.3 Å². The van der Waals surface area contributed by atoms with E-state index in [9.17, 15) is 14.0 Å². The lowest BCUT2D eigenvalue weighted by Crippen LogP contribution is -2.33. The SMILES string of the molecule is C#Cc1cc(NC(=O)C2=NN(N)/C(=C(/C)N)C=C2)c(C(=O)O)cc1F. The van der Waals surface area contributed by atoms with Crippen LogP contribution in [0.2, 0.25) is 0 Å². The van der Waals surface area contributed by atoms with Crippen LogP contribution in [0.4, 0.5) is 10.1 Å². The van der Waals surface area contributed by atoms with Crippen molar-refractivity contribution in [1.29, 1.82) is 0 Å². The number of allylic oxidation sites excluding steroid dienone is 2. The monoisotopic (exact) mass is 343 g/mol. The number of anilines is 1. The van der Waals surface area contributed by atoms with Gasteiger partial charge < -0.3 is 16.2 Å². The van der Waals surface area contributed by atoms with Gasteiger partial charge in [-0.05, 0) is 31.2 Å². The Balaban J connectivity index is 2.35. The average Bonchev–Trinajstić information content (AvgIpc) is 2.55. The van der Waals surface area contributed by atoms with Crippen LogP contribution in [0.25, 0.3) is 0 Å². The molecule has 1 aliphatic rings. The maximum Gasteiger partial charge on any atom is 0.337 e. The van der Waals surface area contributed by atoms with E-state index >= 15 is 0 Å². The van der Waals surface area contributed by atoms with Gasteiger partial charge in [0.05, 0.1) is 22.5 Å². The summed E-state index contributed by atoms with van der Waals surface area (Å²) in [5.41, 5.74) is 5.51. The number of hydrazine groups is 1. The first-order chi connectivity index (χ1) is 11.7. The standard InChI is InChI=1S/C16H14FN5O3/c1-3-9-6-13(10(16(24)25)7-11(9)17)20-15(23)12-4-5-14(8(2)18)22(19)21-12/h1,4-7H,18-19H2,2H3,(H,20,23)(H,24,25)/b14-8-. The molecule has 0 spiro atoms. The third-order valence-corrected chi connectivity index (χ3v) is 3.24. The van der Waals surface area contributed by atoms with Gasteiger partial charge in [-0.3, -0.25) is 4.79 Å². The number of carboxylic acids is 1. The lowest BCUT2D eigenvalue weighted by atomic mass is 10.1. The Kier molecular flexibility index (Phi) is 4.86. The van der Waals surface area contributed by atoms with E-state index in [-0.39, 0.29) is 17.0 Å². The maximum absolute atomic E-state index is 13.7. The zero-order valence-electron chi connectivity index (χ0n) is 13.1. The molecule has 0 radical (unpaired) electrons. The van der Waals surface area contributed by atoms with Gasteiger partial charge >= 0.3 is 5.97 Å². The summed E-state index contributed by atoms with van der Waals surface area (Å²) < 4.78 is 13.7. The van der Waals surface area contributed by atoms with Gasteiger partial charge in [-0.25, -0.2) is 15.0 Å². The fraction of sp³-hybridized carbons (Fsp3) is 0.0625. The van der Waals surface area contributed by atoms with Crippen LogP contribution in [-0.4, -0.2) is 27.8 Å². The van der Waals surface area contributed by atoms with E-state index in [1.807, 2.05) is 0 Å². The molecule has 0 saturated heterocycles. The Morgan fingerprint density at radius 1 is 1.40 bits per heavy atom. The molecule has 6 N–H and O–H groups in total. The van der Waals surface area contributed by atoms with Gasteiger partial charge in [-0.2, -0.15) is 10.2 Å². The number of rotatable bonds is 3. The van der Waals surface area contributed by atoms with Crippen molar-refractivity contribution < 1.29 is 19.1 Å². The van der Waals surface area contributed by atoms with Gasteiger partial charge in [0.1, 0.15) is 5.82 Å². The van der Waals surface area contributed by atoms with E-state index < -0.39 is 23.3 Å². The summed E-state index contributed by atoms with van der Waals surface area (Å²) in [5, 5.41) is 16.2. The van der Waals surface area contributed by atoms with Crippen LogP contribution in [0.15, 0.2) is 40.8 Å². The minimum atomic E-state index is -1.43. The summed E-state index contributed by atoms with van der Waals surface area (Å²) in [6, 6.07) is 1.79. The molecular formula is C16H14FN5O3. The van der Waals surface area contributed by atoms with Crippen LogP contribution < -0.4 is 16.9 Å². The van der Waals surface area contributed by atoms with Gasteiger partial charge in [0.15, 0.2) is 5.71 Å². The Labute approximate surface area is 142 Å². The molecule has 1 aromatic rings. The van der Waals surface area contributed by atoms with E-state index in [0.717, 1.165) is 17.3 Å². The normalized spacial score (nSPS) is 15.3. The number of carbonyl (C=O) groups excluding carboxylic acids is 1. The zero-order chi connectivity index (χ0) is 18.7. The number of aromatic carboxylic acids is 1. The molecule has 25 heavy (non-hydrogen) atoms. The molecule has 128 valence electrons. The maximum atomic E-state index is 13.7. The second kappa shape index (κ2) is 6.86. The van der Waals surface area contributed by atoms with Crippen molar-refractivity contribution >= 4 is 23.3 Å². The van der Waals surface area contributed by atoms with E-state index in [4.69, 9.17) is 23.1 Å². The smallest absolute Gasteiger partial charge is 0.337 e. The summed E-state index contributed by atoms with van der Waals surface area (Å²) in [7, 11) is 0. The molecule has 0 aliphatic carbocycles. The summed E-state index contributed by atoms with van der Waals surface area (Å²) in [5.74, 6) is 4.66. The molecule has 1 amide bonds. The average molecular weight is 343 g/mol. The third kappa shape index (κ3) is 3.65. The lowest BCUT2D eigenvalue weighted by molar-refractivity contribution is -0.110. The fourth-order valence-corrected chi connectivity index (χ4v) is 2.02. The van der Waals surface area contributed by atoms with E-state index in [0.29, 0.717) is 11.4 Å². The molecule has 0 atom stereocenters. The van der Waals surface area contributed by atoms with Crippen LogP contribution in [0, 0.1) is 18.2 Å². The molecule has 1 heterocycles. The number of nitrogens with two attached hydrogens (primary N) is 2. The minimum Gasteiger partial charge on any atom is -0.478 e. The van der Waals surface area contributed by atoms with Gasteiger partial charge in [0.25, 0.3) is 5.91 Å². The lowest BCUT2D eigenvalue weighted by Gasteiger charge is -2.20. The van der Waals surface area contributed by atoms with Crippen molar-refractivity contribution in [1.82, 2.24) is 5.12 Å². The molecule has 1 aromatic carbocycles. The number of nitrogens with zero attached hydrogens (tertiary/aromatic N) is 2. The van der Waals surface area contributed by atoms with Crippen LogP contribution >= 0.6 is 0 Å². The van der Waals surface area contributed by atoms with Crippen LogP contribution in [0.5, 0.6) is 0 Å².